The molecule has 4 aliphatic rings. The molecule has 2 aromatic carbocycles. The zero-order valence-corrected chi connectivity index (χ0v) is 21.7. The van der Waals surface area contributed by atoms with E-state index in [0.29, 0.717) is 29.4 Å². The number of hydrogen-bond acceptors (Lipinski definition) is 4. The molecular formula is C28H29ClF3N5. The van der Waals surface area contributed by atoms with Crippen LogP contribution in [0.4, 0.5) is 18.9 Å². The van der Waals surface area contributed by atoms with Gasteiger partial charge in [0.1, 0.15) is 11.6 Å². The quantitative estimate of drug-likeness (QED) is 0.403. The third kappa shape index (κ3) is 3.62. The Labute approximate surface area is 219 Å². The number of aryl methyl sites for hydroxylation is 1. The van der Waals surface area contributed by atoms with E-state index in [1.54, 1.807) is 13.0 Å². The summed E-state index contributed by atoms with van der Waals surface area (Å²) in [5.74, 6) is -0.783. The Kier molecular flexibility index (Phi) is 4.91. The molecule has 7 rings (SSSR count). The van der Waals surface area contributed by atoms with Gasteiger partial charge in [0.2, 0.25) is 0 Å². The van der Waals surface area contributed by atoms with Crippen LogP contribution in [0.2, 0.25) is 5.02 Å². The van der Waals surface area contributed by atoms with Crippen LogP contribution in [0.15, 0.2) is 36.4 Å². The number of nitrogens with zero attached hydrogens (tertiary/aromatic N) is 5. The molecule has 9 heteroatoms. The fraction of sp³-hybridized carbons (Fsp3) is 0.500. The fourth-order valence-electron chi connectivity index (χ4n) is 7.19. The Bertz CT molecular complexity index is 1400. The Morgan fingerprint density at radius 2 is 1.76 bits per heavy atom. The summed E-state index contributed by atoms with van der Waals surface area (Å²) < 4.78 is 44.5. The molecule has 194 valence electrons. The van der Waals surface area contributed by atoms with Crippen molar-refractivity contribution in [1.82, 2.24) is 19.7 Å². The van der Waals surface area contributed by atoms with E-state index in [1.165, 1.54) is 0 Å². The van der Waals surface area contributed by atoms with Crippen LogP contribution in [-0.2, 0) is 13.1 Å². The molecule has 3 fully saturated rings. The van der Waals surface area contributed by atoms with Crippen molar-refractivity contribution in [3.8, 4) is 5.69 Å². The number of hydrogen-bond donors (Lipinski definition) is 0. The van der Waals surface area contributed by atoms with E-state index in [-0.39, 0.29) is 30.0 Å². The van der Waals surface area contributed by atoms with Crippen LogP contribution in [0.5, 0.6) is 0 Å². The number of benzene rings is 2. The van der Waals surface area contributed by atoms with Gasteiger partial charge >= 0.3 is 0 Å². The first-order valence-electron chi connectivity index (χ1n) is 12.9. The summed E-state index contributed by atoms with van der Waals surface area (Å²) in [7, 11) is 0. The molecule has 2 saturated carbocycles. The average molecular weight is 528 g/mol. The molecule has 1 aromatic heterocycles. The van der Waals surface area contributed by atoms with Gasteiger partial charge in [-0.15, -0.1) is 10.2 Å². The van der Waals surface area contributed by atoms with Crippen LogP contribution in [0, 0.1) is 18.2 Å². The second kappa shape index (κ2) is 7.73. The van der Waals surface area contributed by atoms with Gasteiger partial charge in [0, 0.05) is 54.4 Å². The third-order valence-electron chi connectivity index (χ3n) is 9.06. The van der Waals surface area contributed by atoms with Gasteiger partial charge in [-0.05, 0) is 62.1 Å². The highest BCUT2D eigenvalue weighted by Crippen LogP contribution is 2.57. The molecule has 0 radical (unpaired) electrons. The molecule has 5 nitrogen and oxygen atoms in total. The van der Waals surface area contributed by atoms with Gasteiger partial charge in [0.15, 0.2) is 5.82 Å². The van der Waals surface area contributed by atoms with Crippen LogP contribution in [-0.4, -0.2) is 44.2 Å². The molecule has 0 atom stereocenters. The summed E-state index contributed by atoms with van der Waals surface area (Å²) in [6, 6.07) is 11.4. The zero-order valence-electron chi connectivity index (χ0n) is 20.9. The van der Waals surface area contributed by atoms with Gasteiger partial charge in [0.05, 0.1) is 17.9 Å². The maximum Gasteiger partial charge on any atom is 0.251 e. The number of halogens is 4. The van der Waals surface area contributed by atoms with Gasteiger partial charge in [-0.2, -0.15) is 0 Å². The maximum atomic E-state index is 14.6. The molecule has 0 amide bonds. The molecule has 3 aromatic rings. The number of aromatic nitrogens is 3. The van der Waals surface area contributed by atoms with E-state index in [9.17, 15) is 13.2 Å². The lowest BCUT2D eigenvalue weighted by Crippen LogP contribution is -2.62. The molecule has 2 aliphatic heterocycles. The van der Waals surface area contributed by atoms with E-state index < -0.39 is 11.5 Å². The first-order chi connectivity index (χ1) is 17.5. The number of fused-ring (bicyclic) bond motifs is 3. The molecule has 0 unspecified atom stereocenters. The van der Waals surface area contributed by atoms with E-state index in [4.69, 9.17) is 11.6 Å². The van der Waals surface area contributed by atoms with Crippen LogP contribution in [0.1, 0.15) is 61.3 Å². The molecule has 3 heterocycles. The normalized spacial score (nSPS) is 23.5. The molecule has 37 heavy (non-hydrogen) atoms. The minimum absolute atomic E-state index is 0.131. The second-order valence-corrected chi connectivity index (χ2v) is 12.5. The smallest absolute Gasteiger partial charge is 0.251 e. The largest absolute Gasteiger partial charge is 0.368 e. The first-order valence-corrected chi connectivity index (χ1v) is 13.3. The SMILES string of the molecule is Cc1cccc(N2CC3(CC(c4nnc5n4-c4ccc(Cl)cc4CN(C4(C)CC(F)(F)C4)C5)C3)C2)c1F. The Balaban J connectivity index is 1.15. The van der Waals surface area contributed by atoms with Crippen molar-refractivity contribution in [1.29, 1.82) is 0 Å². The summed E-state index contributed by atoms with van der Waals surface area (Å²) in [6.45, 7) is 6.40. The summed E-state index contributed by atoms with van der Waals surface area (Å²) in [5.41, 5.74) is 2.93. The van der Waals surface area contributed by atoms with Crippen LogP contribution >= 0.6 is 11.6 Å². The summed E-state index contributed by atoms with van der Waals surface area (Å²) in [5, 5.41) is 9.82. The molecule has 1 spiro atoms. The topological polar surface area (TPSA) is 37.2 Å². The molecule has 2 aliphatic carbocycles. The molecular weight excluding hydrogens is 499 g/mol. The molecule has 1 saturated heterocycles. The highest BCUT2D eigenvalue weighted by Gasteiger charge is 2.57. The zero-order chi connectivity index (χ0) is 25.7. The van der Waals surface area contributed by atoms with E-state index in [0.717, 1.165) is 48.8 Å². The average Bonchev–Trinajstić information content (AvgIpc) is 3.08. The monoisotopic (exact) mass is 527 g/mol. The van der Waals surface area contributed by atoms with Crippen molar-refractivity contribution >= 4 is 17.3 Å². The van der Waals surface area contributed by atoms with E-state index in [2.05, 4.69) is 24.6 Å². The predicted molar refractivity (Wildman–Crippen MR) is 136 cm³/mol. The van der Waals surface area contributed by atoms with Crippen molar-refractivity contribution in [2.75, 3.05) is 18.0 Å². The summed E-state index contributed by atoms with van der Waals surface area (Å²) in [4.78, 5) is 4.24. The van der Waals surface area contributed by atoms with Crippen molar-refractivity contribution in [2.24, 2.45) is 5.41 Å². The minimum Gasteiger partial charge on any atom is -0.368 e. The number of rotatable bonds is 3. The van der Waals surface area contributed by atoms with E-state index >= 15 is 0 Å². The standard InChI is InChI=1S/C28H29ClF3N5/c1-17-4-3-5-22(24(17)30)35-15-27(16-35)9-19(10-27)25-34-33-23-12-36(26(2)13-28(31,32)14-26)11-18-8-20(29)6-7-21(18)37(23)25/h3-8,19H,9-16H2,1-2H3. The highest BCUT2D eigenvalue weighted by atomic mass is 35.5. The van der Waals surface area contributed by atoms with Crippen LogP contribution in [0.3, 0.4) is 0 Å². The Hall–Kier alpha value is -2.58. The number of anilines is 1. The van der Waals surface area contributed by atoms with Crippen LogP contribution < -0.4 is 4.90 Å². The minimum atomic E-state index is -2.62. The predicted octanol–water partition coefficient (Wildman–Crippen LogP) is 6.26. The van der Waals surface area contributed by atoms with Gasteiger partial charge in [-0.3, -0.25) is 9.47 Å². The molecule has 0 bridgehead atoms. The van der Waals surface area contributed by atoms with Gasteiger partial charge in [-0.25, -0.2) is 13.2 Å². The van der Waals surface area contributed by atoms with Crippen molar-refractivity contribution in [3.63, 3.8) is 0 Å². The molecule has 0 N–H and O–H groups in total. The van der Waals surface area contributed by atoms with Gasteiger partial charge in [-0.1, -0.05) is 23.7 Å². The highest BCUT2D eigenvalue weighted by molar-refractivity contribution is 6.30. The maximum absolute atomic E-state index is 14.6. The Morgan fingerprint density at radius 3 is 2.49 bits per heavy atom. The van der Waals surface area contributed by atoms with Gasteiger partial charge in [0.25, 0.3) is 5.92 Å². The third-order valence-corrected chi connectivity index (χ3v) is 9.30. The van der Waals surface area contributed by atoms with E-state index in [1.807, 2.05) is 37.3 Å². The number of alkyl halides is 2. The van der Waals surface area contributed by atoms with Crippen molar-refractivity contribution in [3.05, 3.63) is 70.0 Å². The summed E-state index contributed by atoms with van der Waals surface area (Å²) >= 11 is 6.37. The fourth-order valence-corrected chi connectivity index (χ4v) is 7.39. The first kappa shape index (κ1) is 23.5. The lowest BCUT2D eigenvalue weighted by atomic mass is 9.57. The van der Waals surface area contributed by atoms with Crippen molar-refractivity contribution in [2.45, 2.75) is 70.0 Å². The Morgan fingerprint density at radius 1 is 1.00 bits per heavy atom. The lowest BCUT2D eigenvalue weighted by Gasteiger charge is -2.59. The second-order valence-electron chi connectivity index (χ2n) is 12.0. The summed E-state index contributed by atoms with van der Waals surface area (Å²) in [6.07, 6.45) is 1.65. The van der Waals surface area contributed by atoms with Gasteiger partial charge < -0.3 is 4.90 Å². The van der Waals surface area contributed by atoms with Crippen molar-refractivity contribution < 1.29 is 13.2 Å². The van der Waals surface area contributed by atoms with Crippen LogP contribution in [0.25, 0.3) is 5.69 Å². The lowest BCUT2D eigenvalue weighted by molar-refractivity contribution is -0.173.